The number of aliphatic hydroxyl groups is 2. The van der Waals surface area contributed by atoms with Crippen LogP contribution in [0.5, 0.6) is 0 Å². The number of ether oxygens (including phenoxy) is 2. The quantitative estimate of drug-likeness (QED) is 0.0237. The largest absolute Gasteiger partial charge is 0.472 e. The van der Waals surface area contributed by atoms with Crippen molar-refractivity contribution < 1.29 is 43.0 Å². The molecule has 0 aromatic heterocycles. The van der Waals surface area contributed by atoms with Gasteiger partial charge in [0.25, 0.3) is 0 Å². The van der Waals surface area contributed by atoms with E-state index in [4.69, 9.17) is 23.6 Å². The number of phosphoric acid groups is 1. The summed E-state index contributed by atoms with van der Waals surface area (Å²) in [7, 11) is -4.51. The van der Waals surface area contributed by atoms with Crippen LogP contribution in [0.25, 0.3) is 0 Å². The molecule has 0 aliphatic carbocycles. The molecule has 338 valence electrons. The zero-order valence-corrected chi connectivity index (χ0v) is 38.0. The maximum atomic E-state index is 12.6. The molecule has 0 aromatic carbocycles. The van der Waals surface area contributed by atoms with E-state index in [9.17, 15) is 19.4 Å². The first-order valence-corrected chi connectivity index (χ1v) is 25.3. The van der Waals surface area contributed by atoms with E-state index in [2.05, 4.69) is 38.2 Å². The second-order valence-electron chi connectivity index (χ2n) is 16.1. The normalized spacial score (nSPS) is 14.1. The van der Waals surface area contributed by atoms with Crippen LogP contribution in [0.15, 0.2) is 24.3 Å². The first-order valence-electron chi connectivity index (χ1n) is 23.8. The van der Waals surface area contributed by atoms with Crippen LogP contribution in [0.4, 0.5) is 0 Å². The van der Waals surface area contributed by atoms with Crippen molar-refractivity contribution in [3.05, 3.63) is 24.3 Å². The summed E-state index contributed by atoms with van der Waals surface area (Å²) in [4.78, 5) is 22.6. The average molecular weight is 831 g/mol. The van der Waals surface area contributed by atoms with E-state index < -0.39 is 33.2 Å². The van der Waals surface area contributed by atoms with Gasteiger partial charge in [-0.05, 0) is 44.9 Å². The molecule has 57 heavy (non-hydrogen) atoms. The van der Waals surface area contributed by atoms with Crippen molar-refractivity contribution in [2.45, 2.75) is 238 Å². The fourth-order valence-electron chi connectivity index (χ4n) is 6.74. The van der Waals surface area contributed by atoms with Crippen LogP contribution >= 0.6 is 7.82 Å². The molecule has 3 N–H and O–H groups in total. The molecular weight excluding hydrogens is 739 g/mol. The second kappa shape index (κ2) is 44.5. The van der Waals surface area contributed by atoms with Crippen LogP contribution in [-0.4, -0.2) is 66.3 Å². The van der Waals surface area contributed by atoms with Crippen LogP contribution in [0.3, 0.4) is 0 Å². The Morgan fingerprint density at radius 3 is 1.40 bits per heavy atom. The minimum absolute atomic E-state index is 0.0531. The molecule has 3 unspecified atom stereocenters. The number of allylic oxidation sites excluding steroid dienone is 4. The van der Waals surface area contributed by atoms with Gasteiger partial charge in [-0.2, -0.15) is 0 Å². The first-order chi connectivity index (χ1) is 27.8. The SMILES string of the molecule is CCCCCCC/C=C\C/C=C\CCCCCCCCCCCCCC(=O)OC(COCCCCCCCCCCCCCCC)COP(=O)(O)OCC(O)CO. The summed E-state index contributed by atoms with van der Waals surface area (Å²) in [6, 6.07) is 0. The highest BCUT2D eigenvalue weighted by molar-refractivity contribution is 7.47. The monoisotopic (exact) mass is 831 g/mol. The van der Waals surface area contributed by atoms with Crippen LogP contribution < -0.4 is 0 Å². The summed E-state index contributed by atoms with van der Waals surface area (Å²) in [6.07, 6.45) is 47.1. The number of hydrogen-bond donors (Lipinski definition) is 3. The summed E-state index contributed by atoms with van der Waals surface area (Å²) in [5.41, 5.74) is 0. The van der Waals surface area contributed by atoms with E-state index in [1.165, 1.54) is 167 Å². The van der Waals surface area contributed by atoms with Crippen molar-refractivity contribution in [1.82, 2.24) is 0 Å². The van der Waals surface area contributed by atoms with Gasteiger partial charge in [0, 0.05) is 13.0 Å². The van der Waals surface area contributed by atoms with Crippen LogP contribution in [0.1, 0.15) is 226 Å². The Balaban J connectivity index is 4.05. The lowest BCUT2D eigenvalue weighted by Crippen LogP contribution is -2.29. The second-order valence-corrected chi connectivity index (χ2v) is 17.6. The van der Waals surface area contributed by atoms with E-state index in [0.29, 0.717) is 6.61 Å². The minimum atomic E-state index is -4.51. The predicted molar refractivity (Wildman–Crippen MR) is 238 cm³/mol. The number of aliphatic hydroxyl groups excluding tert-OH is 2. The first kappa shape index (κ1) is 55.9. The number of unbranched alkanes of at least 4 members (excludes halogenated alkanes) is 28. The van der Waals surface area contributed by atoms with Gasteiger partial charge in [-0.3, -0.25) is 13.8 Å². The maximum absolute atomic E-state index is 12.6. The Labute approximate surface area is 351 Å². The van der Waals surface area contributed by atoms with Crippen molar-refractivity contribution in [2.75, 3.05) is 33.0 Å². The lowest BCUT2D eigenvalue weighted by molar-refractivity contribution is -0.154. The van der Waals surface area contributed by atoms with E-state index in [1.807, 2.05) is 0 Å². The molecule has 0 rings (SSSR count). The van der Waals surface area contributed by atoms with E-state index in [0.717, 1.165) is 38.5 Å². The van der Waals surface area contributed by atoms with Gasteiger partial charge in [0.2, 0.25) is 0 Å². The van der Waals surface area contributed by atoms with Crippen molar-refractivity contribution in [3.8, 4) is 0 Å². The predicted octanol–water partition coefficient (Wildman–Crippen LogP) is 13.4. The fourth-order valence-corrected chi connectivity index (χ4v) is 7.53. The molecule has 0 bridgehead atoms. The summed E-state index contributed by atoms with van der Waals surface area (Å²) in [5.74, 6) is -0.381. The van der Waals surface area contributed by atoms with E-state index in [1.54, 1.807) is 0 Å². The lowest BCUT2D eigenvalue weighted by atomic mass is 10.0. The Kier molecular flexibility index (Phi) is 43.7. The Hall–Kier alpha value is -1.06. The van der Waals surface area contributed by atoms with Crippen molar-refractivity contribution in [3.63, 3.8) is 0 Å². The van der Waals surface area contributed by atoms with Gasteiger partial charge < -0.3 is 24.6 Å². The molecule has 0 aromatic rings. The molecule has 10 heteroatoms. The molecule has 0 aliphatic heterocycles. The topological polar surface area (TPSA) is 132 Å². The van der Waals surface area contributed by atoms with Gasteiger partial charge in [-0.15, -0.1) is 0 Å². The molecule has 0 spiro atoms. The van der Waals surface area contributed by atoms with Gasteiger partial charge in [0.1, 0.15) is 12.2 Å². The Bertz CT molecular complexity index is 944. The molecule has 0 fully saturated rings. The zero-order valence-electron chi connectivity index (χ0n) is 37.1. The molecule has 0 amide bonds. The van der Waals surface area contributed by atoms with E-state index >= 15 is 0 Å². The van der Waals surface area contributed by atoms with Crippen LogP contribution in [-0.2, 0) is 27.9 Å². The number of carbonyl (C=O) groups excluding carboxylic acids is 1. The zero-order chi connectivity index (χ0) is 41.8. The van der Waals surface area contributed by atoms with Crippen molar-refractivity contribution in [2.24, 2.45) is 0 Å². The van der Waals surface area contributed by atoms with Gasteiger partial charge >= 0.3 is 13.8 Å². The van der Waals surface area contributed by atoms with Gasteiger partial charge in [-0.25, -0.2) is 4.57 Å². The third-order valence-electron chi connectivity index (χ3n) is 10.4. The highest BCUT2D eigenvalue weighted by atomic mass is 31.2. The number of esters is 1. The van der Waals surface area contributed by atoms with E-state index in [-0.39, 0.29) is 25.6 Å². The highest BCUT2D eigenvalue weighted by Crippen LogP contribution is 2.43. The molecule has 0 radical (unpaired) electrons. The lowest BCUT2D eigenvalue weighted by Gasteiger charge is -2.20. The van der Waals surface area contributed by atoms with Crippen LogP contribution in [0.2, 0.25) is 0 Å². The molecule has 0 saturated heterocycles. The van der Waals surface area contributed by atoms with Crippen LogP contribution in [0, 0.1) is 0 Å². The summed E-state index contributed by atoms with van der Waals surface area (Å²) in [6.45, 7) is 3.55. The standard InChI is InChI=1S/C47H91O9P/c1-3-5-7-9-11-13-15-17-18-19-20-21-22-23-24-25-26-27-29-31-33-35-37-39-47(50)56-46(44-55-57(51,52)54-42-45(49)41-48)43-53-40-38-36-34-32-30-28-16-14-12-10-8-6-4-2/h15,17,19-20,45-46,48-49H,3-14,16,18,21-44H2,1-2H3,(H,51,52)/b17-15-,20-19-. The highest BCUT2D eigenvalue weighted by Gasteiger charge is 2.26. The smallest absolute Gasteiger partial charge is 0.457 e. The van der Waals surface area contributed by atoms with Crippen molar-refractivity contribution in [1.29, 1.82) is 0 Å². The number of carbonyl (C=O) groups is 1. The molecular formula is C47H91O9P. The summed E-state index contributed by atoms with van der Waals surface area (Å²) >= 11 is 0. The minimum Gasteiger partial charge on any atom is -0.457 e. The number of hydrogen-bond acceptors (Lipinski definition) is 8. The molecule has 0 saturated carbocycles. The maximum Gasteiger partial charge on any atom is 0.472 e. The van der Waals surface area contributed by atoms with Crippen molar-refractivity contribution >= 4 is 13.8 Å². The van der Waals surface area contributed by atoms with Gasteiger partial charge in [0.05, 0.1) is 26.4 Å². The fraction of sp³-hybridized carbons (Fsp3) is 0.894. The summed E-state index contributed by atoms with van der Waals surface area (Å²) < 4.78 is 33.4. The summed E-state index contributed by atoms with van der Waals surface area (Å²) in [5, 5.41) is 18.4. The third-order valence-corrected chi connectivity index (χ3v) is 11.3. The molecule has 3 atom stereocenters. The van der Waals surface area contributed by atoms with Gasteiger partial charge in [0.15, 0.2) is 0 Å². The number of phosphoric ester groups is 1. The van der Waals surface area contributed by atoms with Gasteiger partial charge in [-0.1, -0.05) is 199 Å². The molecule has 0 heterocycles. The Morgan fingerprint density at radius 1 is 0.544 bits per heavy atom. The third kappa shape index (κ3) is 44.3. The Morgan fingerprint density at radius 2 is 0.947 bits per heavy atom. The molecule has 9 nitrogen and oxygen atoms in total. The molecule has 0 aliphatic rings. The average Bonchev–Trinajstić information content (AvgIpc) is 3.20. The number of rotatable bonds is 46.